The molecule has 0 aliphatic heterocycles. The van der Waals surface area contributed by atoms with Crippen molar-refractivity contribution < 1.29 is 4.79 Å². The number of aromatic nitrogens is 2. The second-order valence-corrected chi connectivity index (χ2v) is 5.01. The molecular weight excluding hydrogens is 276 g/mol. The monoisotopic (exact) mass is 298 g/mol. The highest BCUT2D eigenvalue weighted by Crippen LogP contribution is 2.18. The molecule has 1 aromatic heterocycles. The Morgan fingerprint density at radius 3 is 2.77 bits per heavy atom. The molecule has 0 radical (unpaired) electrons. The van der Waals surface area contributed by atoms with Crippen LogP contribution < -0.4 is 10.6 Å². The first-order valence-electron chi connectivity index (χ1n) is 7.70. The zero-order chi connectivity index (χ0) is 15.8. The Labute approximate surface area is 131 Å². The summed E-state index contributed by atoms with van der Waals surface area (Å²) in [6, 6.07) is 9.63. The fraction of sp³-hybridized carbons (Fsp3) is 0.353. The van der Waals surface area contributed by atoms with Crippen LogP contribution in [0.15, 0.2) is 36.5 Å². The molecule has 1 aromatic carbocycles. The number of hydrogen-bond acceptors (Lipinski definition) is 4. The summed E-state index contributed by atoms with van der Waals surface area (Å²) in [6.07, 6.45) is 4.52. The van der Waals surface area contributed by atoms with Crippen molar-refractivity contribution in [3.05, 3.63) is 47.8 Å². The smallest absolute Gasteiger partial charge is 0.270 e. The van der Waals surface area contributed by atoms with Gasteiger partial charge in [0.1, 0.15) is 5.69 Å². The van der Waals surface area contributed by atoms with Gasteiger partial charge < -0.3 is 10.6 Å². The summed E-state index contributed by atoms with van der Waals surface area (Å²) >= 11 is 0. The van der Waals surface area contributed by atoms with E-state index in [0.717, 1.165) is 24.9 Å². The maximum Gasteiger partial charge on any atom is 0.270 e. The second-order valence-electron chi connectivity index (χ2n) is 5.01. The van der Waals surface area contributed by atoms with Crippen molar-refractivity contribution in [3.63, 3.8) is 0 Å². The first kappa shape index (κ1) is 15.9. The van der Waals surface area contributed by atoms with Gasteiger partial charge in [0.2, 0.25) is 5.95 Å². The van der Waals surface area contributed by atoms with Crippen molar-refractivity contribution in [1.29, 1.82) is 0 Å². The lowest BCUT2D eigenvalue weighted by Crippen LogP contribution is -2.25. The molecule has 0 spiro atoms. The third kappa shape index (κ3) is 4.28. The average molecular weight is 298 g/mol. The molecule has 0 atom stereocenters. The van der Waals surface area contributed by atoms with Crippen LogP contribution in [0.4, 0.5) is 11.6 Å². The third-order valence-corrected chi connectivity index (χ3v) is 3.35. The van der Waals surface area contributed by atoms with Gasteiger partial charge in [0.25, 0.3) is 5.91 Å². The Balaban J connectivity index is 2.09. The summed E-state index contributed by atoms with van der Waals surface area (Å²) in [4.78, 5) is 20.5. The van der Waals surface area contributed by atoms with Gasteiger partial charge in [-0.05, 0) is 30.5 Å². The fourth-order valence-corrected chi connectivity index (χ4v) is 2.09. The lowest BCUT2D eigenvalue weighted by molar-refractivity contribution is 0.0948. The molecule has 0 aliphatic carbocycles. The summed E-state index contributed by atoms with van der Waals surface area (Å²) in [5.74, 6) is 0.270. The van der Waals surface area contributed by atoms with Gasteiger partial charge in [0.05, 0.1) is 0 Å². The Kier molecular flexibility index (Phi) is 5.89. The Morgan fingerprint density at radius 2 is 2.00 bits per heavy atom. The van der Waals surface area contributed by atoms with E-state index in [4.69, 9.17) is 0 Å². The molecule has 116 valence electrons. The number of hydrogen-bond donors (Lipinski definition) is 2. The molecule has 2 rings (SSSR count). The van der Waals surface area contributed by atoms with Crippen LogP contribution in [0, 0.1) is 0 Å². The summed E-state index contributed by atoms with van der Waals surface area (Å²) in [6.45, 7) is 4.85. The predicted molar refractivity (Wildman–Crippen MR) is 88.4 cm³/mol. The fourth-order valence-electron chi connectivity index (χ4n) is 2.09. The van der Waals surface area contributed by atoms with Crippen LogP contribution in [-0.2, 0) is 6.42 Å². The molecule has 5 nitrogen and oxygen atoms in total. The van der Waals surface area contributed by atoms with E-state index >= 15 is 0 Å². The van der Waals surface area contributed by atoms with E-state index in [-0.39, 0.29) is 5.91 Å². The highest BCUT2D eigenvalue weighted by atomic mass is 16.1. The number of nitrogens with zero attached hydrogens (tertiary/aromatic N) is 2. The molecule has 0 fully saturated rings. The first-order chi connectivity index (χ1) is 10.7. The number of carbonyl (C=O) groups excluding carboxylic acids is 1. The number of anilines is 2. The van der Waals surface area contributed by atoms with E-state index in [1.54, 1.807) is 12.3 Å². The van der Waals surface area contributed by atoms with Crippen molar-refractivity contribution in [1.82, 2.24) is 15.3 Å². The van der Waals surface area contributed by atoms with Gasteiger partial charge >= 0.3 is 0 Å². The molecule has 22 heavy (non-hydrogen) atoms. The summed E-state index contributed by atoms with van der Waals surface area (Å²) in [5.41, 5.74) is 2.53. The molecule has 0 saturated carbocycles. The minimum absolute atomic E-state index is 0.164. The molecule has 0 bridgehead atoms. The number of para-hydroxylation sites is 1. The second kappa shape index (κ2) is 8.12. The molecule has 0 saturated heterocycles. The van der Waals surface area contributed by atoms with Crippen LogP contribution in [0.25, 0.3) is 0 Å². The van der Waals surface area contributed by atoms with Crippen LogP contribution in [-0.4, -0.2) is 22.4 Å². The van der Waals surface area contributed by atoms with Gasteiger partial charge in [-0.1, -0.05) is 38.5 Å². The Morgan fingerprint density at radius 1 is 1.18 bits per heavy atom. The van der Waals surface area contributed by atoms with Crippen molar-refractivity contribution in [3.8, 4) is 0 Å². The minimum Gasteiger partial charge on any atom is -0.351 e. The van der Waals surface area contributed by atoms with Crippen molar-refractivity contribution in [2.24, 2.45) is 0 Å². The highest BCUT2D eigenvalue weighted by molar-refractivity contribution is 5.92. The normalized spacial score (nSPS) is 10.3. The van der Waals surface area contributed by atoms with E-state index in [2.05, 4.69) is 40.5 Å². The van der Waals surface area contributed by atoms with Crippen LogP contribution >= 0.6 is 0 Å². The van der Waals surface area contributed by atoms with Gasteiger partial charge in [-0.2, -0.15) is 0 Å². The summed E-state index contributed by atoms with van der Waals surface area (Å²) < 4.78 is 0. The van der Waals surface area contributed by atoms with Gasteiger partial charge in [0.15, 0.2) is 0 Å². The van der Waals surface area contributed by atoms with E-state index in [0.29, 0.717) is 18.2 Å². The van der Waals surface area contributed by atoms with Gasteiger partial charge in [0, 0.05) is 18.4 Å². The molecular formula is C17H22N4O. The van der Waals surface area contributed by atoms with Gasteiger partial charge in [-0.15, -0.1) is 0 Å². The number of aryl methyl sites for hydroxylation is 1. The maximum absolute atomic E-state index is 12.0. The molecule has 0 aliphatic rings. The number of nitrogens with one attached hydrogen (secondary N) is 2. The molecule has 1 amide bonds. The lowest BCUT2D eigenvalue weighted by atomic mass is 10.1. The van der Waals surface area contributed by atoms with Gasteiger partial charge in [-0.3, -0.25) is 4.79 Å². The third-order valence-electron chi connectivity index (χ3n) is 3.35. The van der Waals surface area contributed by atoms with Crippen LogP contribution in [0.5, 0.6) is 0 Å². The standard InChI is InChI=1S/C17H22N4O/c1-3-5-11-18-16(22)15-10-12-19-17(21-15)20-14-9-7-6-8-13(14)4-2/h6-10,12H,3-5,11H2,1-2H3,(H,18,22)(H,19,20,21). The van der Waals surface area contributed by atoms with Crippen molar-refractivity contribution >= 4 is 17.5 Å². The molecule has 0 unspecified atom stereocenters. The molecule has 2 aromatic rings. The zero-order valence-corrected chi connectivity index (χ0v) is 13.1. The van der Waals surface area contributed by atoms with Crippen LogP contribution in [0.1, 0.15) is 42.7 Å². The number of benzene rings is 1. The number of amides is 1. The number of rotatable bonds is 7. The lowest BCUT2D eigenvalue weighted by Gasteiger charge is -2.10. The topological polar surface area (TPSA) is 66.9 Å². The summed E-state index contributed by atoms with van der Waals surface area (Å²) in [7, 11) is 0. The van der Waals surface area contributed by atoms with Crippen molar-refractivity contribution in [2.75, 3.05) is 11.9 Å². The predicted octanol–water partition coefficient (Wildman–Crippen LogP) is 3.31. The Bertz CT molecular complexity index is 628. The summed E-state index contributed by atoms with van der Waals surface area (Å²) in [5, 5.41) is 6.04. The quantitative estimate of drug-likeness (QED) is 0.770. The maximum atomic E-state index is 12.0. The number of unbranched alkanes of at least 4 members (excludes halogenated alkanes) is 1. The van der Waals surface area contributed by atoms with E-state index in [1.807, 2.05) is 18.2 Å². The van der Waals surface area contributed by atoms with E-state index in [1.165, 1.54) is 5.56 Å². The zero-order valence-electron chi connectivity index (χ0n) is 13.1. The number of carbonyl (C=O) groups is 1. The molecule has 1 heterocycles. The minimum atomic E-state index is -0.164. The van der Waals surface area contributed by atoms with Crippen LogP contribution in [0.3, 0.4) is 0 Å². The largest absolute Gasteiger partial charge is 0.351 e. The van der Waals surface area contributed by atoms with Gasteiger partial charge in [-0.25, -0.2) is 9.97 Å². The SMILES string of the molecule is CCCCNC(=O)c1ccnc(Nc2ccccc2CC)n1. The molecule has 2 N–H and O–H groups in total. The average Bonchev–Trinajstić information content (AvgIpc) is 2.56. The first-order valence-corrected chi connectivity index (χ1v) is 7.70. The highest BCUT2D eigenvalue weighted by Gasteiger charge is 2.09. The van der Waals surface area contributed by atoms with Crippen LogP contribution in [0.2, 0.25) is 0 Å². The van der Waals surface area contributed by atoms with E-state index < -0.39 is 0 Å². The van der Waals surface area contributed by atoms with Crippen molar-refractivity contribution in [2.45, 2.75) is 33.1 Å². The molecule has 5 heteroatoms. The van der Waals surface area contributed by atoms with E-state index in [9.17, 15) is 4.79 Å². The Hall–Kier alpha value is -2.43.